The summed E-state index contributed by atoms with van der Waals surface area (Å²) in [6.45, 7) is 0. The number of hydrogen-bond donors (Lipinski definition) is 2. The fourth-order valence-electron chi connectivity index (χ4n) is 1.53. The summed E-state index contributed by atoms with van der Waals surface area (Å²) in [5.41, 5.74) is 0.0991. The Hall–Kier alpha value is -2.54. The molecule has 1 aromatic heterocycles. The number of hydrogen-bond acceptors (Lipinski definition) is 6. The highest BCUT2D eigenvalue weighted by molar-refractivity contribution is 6.34. The molecule has 110 valence electrons. The summed E-state index contributed by atoms with van der Waals surface area (Å²) in [5.74, 6) is -0.172. The van der Waals surface area contributed by atoms with Crippen LogP contribution < -0.4 is 14.8 Å². The van der Waals surface area contributed by atoms with Crippen molar-refractivity contribution in [2.45, 2.75) is 0 Å². The molecule has 2 N–H and O–H groups in total. The fraction of sp³-hybridized carbons (Fsp3) is 0.154. The SMILES string of the molecule is COc1cc(OC)nc(NC(=O)c2cc(O)ccc2Cl)n1. The van der Waals surface area contributed by atoms with Crippen LogP contribution in [0.15, 0.2) is 24.3 Å². The maximum absolute atomic E-state index is 12.1. The minimum Gasteiger partial charge on any atom is -0.508 e. The monoisotopic (exact) mass is 309 g/mol. The van der Waals surface area contributed by atoms with Gasteiger partial charge in [0.25, 0.3) is 5.91 Å². The topological polar surface area (TPSA) is 93.6 Å². The number of methoxy groups -OCH3 is 2. The number of aromatic hydroxyl groups is 1. The number of ether oxygens (including phenoxy) is 2. The van der Waals surface area contributed by atoms with E-state index in [0.29, 0.717) is 0 Å². The molecule has 0 aliphatic rings. The molecule has 2 aromatic rings. The van der Waals surface area contributed by atoms with Crippen molar-refractivity contribution in [3.63, 3.8) is 0 Å². The number of carbonyl (C=O) groups is 1. The van der Waals surface area contributed by atoms with Crippen molar-refractivity contribution in [1.82, 2.24) is 9.97 Å². The summed E-state index contributed by atoms with van der Waals surface area (Å²) < 4.78 is 9.96. The second kappa shape index (κ2) is 6.27. The molecule has 0 aliphatic carbocycles. The van der Waals surface area contributed by atoms with Crippen LogP contribution in [-0.2, 0) is 0 Å². The van der Waals surface area contributed by atoms with E-state index in [1.54, 1.807) is 0 Å². The van der Waals surface area contributed by atoms with Gasteiger partial charge < -0.3 is 14.6 Å². The molecule has 1 heterocycles. The van der Waals surface area contributed by atoms with E-state index in [1.165, 1.54) is 38.5 Å². The highest BCUT2D eigenvalue weighted by atomic mass is 35.5. The maximum atomic E-state index is 12.1. The third kappa shape index (κ3) is 3.51. The number of amides is 1. The fourth-order valence-corrected chi connectivity index (χ4v) is 1.73. The van der Waals surface area contributed by atoms with E-state index in [0.717, 1.165) is 0 Å². The first-order valence-electron chi connectivity index (χ1n) is 5.80. The number of rotatable bonds is 4. The number of halogens is 1. The molecule has 1 amide bonds. The lowest BCUT2D eigenvalue weighted by Crippen LogP contribution is -2.15. The van der Waals surface area contributed by atoms with Gasteiger partial charge in [-0.05, 0) is 18.2 Å². The van der Waals surface area contributed by atoms with E-state index >= 15 is 0 Å². The minimum absolute atomic E-state index is 0.00407. The smallest absolute Gasteiger partial charge is 0.259 e. The number of carbonyl (C=O) groups excluding carboxylic acids is 1. The number of aromatic nitrogens is 2. The lowest BCUT2D eigenvalue weighted by molar-refractivity contribution is 0.102. The Balaban J connectivity index is 2.28. The summed E-state index contributed by atoms with van der Waals surface area (Å²) in [6.07, 6.45) is 0. The third-order valence-electron chi connectivity index (χ3n) is 2.52. The van der Waals surface area contributed by atoms with Crippen LogP contribution in [0.4, 0.5) is 5.95 Å². The second-order valence-corrected chi connectivity index (χ2v) is 4.30. The largest absolute Gasteiger partial charge is 0.508 e. The van der Waals surface area contributed by atoms with Crippen molar-refractivity contribution < 1.29 is 19.4 Å². The molecular formula is C13H12ClN3O4. The van der Waals surface area contributed by atoms with Gasteiger partial charge in [-0.2, -0.15) is 9.97 Å². The van der Waals surface area contributed by atoms with E-state index in [1.807, 2.05) is 0 Å². The number of nitrogens with zero attached hydrogens (tertiary/aromatic N) is 2. The molecule has 0 unspecified atom stereocenters. The van der Waals surface area contributed by atoms with Crippen molar-refractivity contribution in [2.75, 3.05) is 19.5 Å². The molecule has 8 heteroatoms. The Bertz CT molecular complexity index is 656. The zero-order chi connectivity index (χ0) is 15.4. The average molecular weight is 310 g/mol. The lowest BCUT2D eigenvalue weighted by atomic mass is 10.2. The Morgan fingerprint density at radius 1 is 1.19 bits per heavy atom. The van der Waals surface area contributed by atoms with E-state index in [-0.39, 0.29) is 34.0 Å². The Labute approximate surface area is 125 Å². The Kier molecular flexibility index (Phi) is 4.44. The predicted molar refractivity (Wildman–Crippen MR) is 76.2 cm³/mol. The molecule has 0 atom stereocenters. The molecule has 0 fully saturated rings. The summed E-state index contributed by atoms with van der Waals surface area (Å²) in [5, 5.41) is 12.1. The van der Waals surface area contributed by atoms with E-state index in [2.05, 4.69) is 15.3 Å². The number of phenols is 1. The van der Waals surface area contributed by atoms with Gasteiger partial charge in [0.2, 0.25) is 17.7 Å². The van der Waals surface area contributed by atoms with Gasteiger partial charge in [-0.3, -0.25) is 10.1 Å². The molecular weight excluding hydrogens is 298 g/mol. The van der Waals surface area contributed by atoms with Crippen molar-refractivity contribution in [2.24, 2.45) is 0 Å². The van der Waals surface area contributed by atoms with Crippen molar-refractivity contribution in [3.8, 4) is 17.5 Å². The van der Waals surface area contributed by atoms with Gasteiger partial charge in [0.1, 0.15) is 5.75 Å². The van der Waals surface area contributed by atoms with Crippen LogP contribution >= 0.6 is 11.6 Å². The Morgan fingerprint density at radius 2 is 1.81 bits per heavy atom. The molecule has 0 saturated heterocycles. The Morgan fingerprint density at radius 3 is 2.38 bits per heavy atom. The molecule has 0 spiro atoms. The van der Waals surface area contributed by atoms with Crippen LogP contribution in [0.2, 0.25) is 5.02 Å². The van der Waals surface area contributed by atoms with E-state index in [9.17, 15) is 9.90 Å². The number of anilines is 1. The van der Waals surface area contributed by atoms with Crippen molar-refractivity contribution >= 4 is 23.5 Å². The van der Waals surface area contributed by atoms with Crippen LogP contribution in [-0.4, -0.2) is 35.2 Å². The van der Waals surface area contributed by atoms with Crippen LogP contribution in [0.5, 0.6) is 17.5 Å². The third-order valence-corrected chi connectivity index (χ3v) is 2.85. The van der Waals surface area contributed by atoms with Gasteiger partial charge >= 0.3 is 0 Å². The lowest BCUT2D eigenvalue weighted by Gasteiger charge is -2.08. The first-order chi connectivity index (χ1) is 10.0. The van der Waals surface area contributed by atoms with Crippen LogP contribution in [0.3, 0.4) is 0 Å². The number of nitrogens with one attached hydrogen (secondary N) is 1. The molecule has 7 nitrogen and oxygen atoms in total. The molecule has 1 aromatic carbocycles. The van der Waals surface area contributed by atoms with Crippen LogP contribution in [0, 0.1) is 0 Å². The molecule has 21 heavy (non-hydrogen) atoms. The normalized spacial score (nSPS) is 10.0. The summed E-state index contributed by atoms with van der Waals surface area (Å²) in [6, 6.07) is 5.51. The summed E-state index contributed by atoms with van der Waals surface area (Å²) >= 11 is 5.91. The molecule has 2 rings (SSSR count). The standard InChI is InChI=1S/C13H12ClN3O4/c1-20-10-6-11(21-2)16-13(15-10)17-12(19)8-5-7(18)3-4-9(8)14/h3-6,18H,1-2H3,(H,15,16,17,19). The summed E-state index contributed by atoms with van der Waals surface area (Å²) in [4.78, 5) is 20.1. The second-order valence-electron chi connectivity index (χ2n) is 3.89. The van der Waals surface area contributed by atoms with Gasteiger partial charge in [0.15, 0.2) is 0 Å². The van der Waals surface area contributed by atoms with Crippen molar-refractivity contribution in [1.29, 1.82) is 0 Å². The average Bonchev–Trinajstić information content (AvgIpc) is 2.49. The zero-order valence-corrected chi connectivity index (χ0v) is 12.0. The van der Waals surface area contributed by atoms with Gasteiger partial charge in [0, 0.05) is 0 Å². The number of phenolic OH excluding ortho intramolecular Hbond substituents is 1. The van der Waals surface area contributed by atoms with E-state index in [4.69, 9.17) is 21.1 Å². The highest BCUT2D eigenvalue weighted by Gasteiger charge is 2.14. The predicted octanol–water partition coefficient (Wildman–Crippen LogP) is 2.11. The molecule has 0 bridgehead atoms. The molecule has 0 radical (unpaired) electrons. The van der Waals surface area contributed by atoms with E-state index < -0.39 is 5.91 Å². The van der Waals surface area contributed by atoms with Crippen molar-refractivity contribution in [3.05, 3.63) is 34.9 Å². The number of benzene rings is 1. The van der Waals surface area contributed by atoms with Gasteiger partial charge in [-0.1, -0.05) is 11.6 Å². The first-order valence-corrected chi connectivity index (χ1v) is 6.18. The van der Waals surface area contributed by atoms with Gasteiger partial charge in [0.05, 0.1) is 30.9 Å². The summed E-state index contributed by atoms with van der Waals surface area (Å²) in [7, 11) is 2.86. The van der Waals surface area contributed by atoms with Gasteiger partial charge in [-0.15, -0.1) is 0 Å². The van der Waals surface area contributed by atoms with Crippen LogP contribution in [0.1, 0.15) is 10.4 Å². The first kappa shape index (κ1) is 14.9. The molecule has 0 aliphatic heterocycles. The van der Waals surface area contributed by atoms with Gasteiger partial charge in [-0.25, -0.2) is 0 Å². The highest BCUT2D eigenvalue weighted by Crippen LogP contribution is 2.23. The van der Waals surface area contributed by atoms with Crippen LogP contribution in [0.25, 0.3) is 0 Å². The quantitative estimate of drug-likeness (QED) is 0.898. The minimum atomic E-state index is -0.564. The zero-order valence-electron chi connectivity index (χ0n) is 11.3. The molecule has 0 saturated carbocycles. The maximum Gasteiger partial charge on any atom is 0.259 e.